The van der Waals surface area contributed by atoms with Gasteiger partial charge in [-0.25, -0.2) is 10.2 Å². The molecular formula is C22H19N3O3. The van der Waals surface area contributed by atoms with E-state index in [-0.39, 0.29) is 0 Å². The molecule has 0 aliphatic heterocycles. The van der Waals surface area contributed by atoms with Crippen molar-refractivity contribution in [2.24, 2.45) is 5.10 Å². The van der Waals surface area contributed by atoms with Crippen molar-refractivity contribution in [1.82, 2.24) is 5.43 Å². The Morgan fingerprint density at radius 3 is 2.46 bits per heavy atom. The van der Waals surface area contributed by atoms with E-state index in [9.17, 15) is 9.59 Å². The second-order valence-electron chi connectivity index (χ2n) is 6.11. The number of aryl methyl sites for hydroxylation is 1. The number of nitrogens with two attached hydrogens (primary N) is 1. The van der Waals surface area contributed by atoms with Crippen molar-refractivity contribution in [3.63, 3.8) is 0 Å². The molecule has 0 radical (unpaired) electrons. The number of amides is 1. The third kappa shape index (κ3) is 4.82. The van der Waals surface area contributed by atoms with Crippen LogP contribution in [-0.4, -0.2) is 18.1 Å². The van der Waals surface area contributed by atoms with E-state index in [2.05, 4.69) is 10.5 Å². The van der Waals surface area contributed by atoms with Crippen molar-refractivity contribution >= 4 is 23.8 Å². The Labute approximate surface area is 162 Å². The van der Waals surface area contributed by atoms with Gasteiger partial charge in [-0.2, -0.15) is 5.10 Å². The zero-order valence-corrected chi connectivity index (χ0v) is 15.3. The summed E-state index contributed by atoms with van der Waals surface area (Å²) in [5.41, 5.74) is 11.1. The number of rotatable bonds is 5. The van der Waals surface area contributed by atoms with E-state index in [0.29, 0.717) is 22.6 Å². The number of nitrogens with zero attached hydrogens (tertiary/aromatic N) is 1. The molecule has 0 bridgehead atoms. The fourth-order valence-electron chi connectivity index (χ4n) is 2.49. The fraction of sp³-hybridized carbons (Fsp3) is 0.0455. The Morgan fingerprint density at radius 1 is 1.00 bits per heavy atom. The van der Waals surface area contributed by atoms with Crippen LogP contribution < -0.4 is 15.9 Å². The van der Waals surface area contributed by atoms with Crippen molar-refractivity contribution in [3.8, 4) is 5.75 Å². The Morgan fingerprint density at radius 2 is 1.75 bits per heavy atom. The van der Waals surface area contributed by atoms with E-state index in [1.54, 1.807) is 60.7 Å². The third-order valence-electron chi connectivity index (χ3n) is 3.93. The van der Waals surface area contributed by atoms with Crippen molar-refractivity contribution in [1.29, 1.82) is 0 Å². The largest absolute Gasteiger partial charge is 0.423 e. The molecule has 0 aliphatic carbocycles. The summed E-state index contributed by atoms with van der Waals surface area (Å²) in [7, 11) is 0. The molecule has 0 saturated carbocycles. The lowest BCUT2D eigenvalue weighted by Crippen LogP contribution is -2.18. The molecule has 3 aromatic rings. The monoisotopic (exact) mass is 373 g/mol. The second kappa shape index (κ2) is 8.64. The Balaban J connectivity index is 1.58. The molecule has 3 rings (SSSR count). The molecule has 6 nitrogen and oxygen atoms in total. The minimum absolute atomic E-state index is 0.359. The Bertz CT molecular complexity index is 1030. The number of carbonyl (C=O) groups excluding carboxylic acids is 2. The molecule has 0 unspecified atom stereocenters. The maximum atomic E-state index is 12.2. The zero-order valence-electron chi connectivity index (χ0n) is 15.3. The lowest BCUT2D eigenvalue weighted by atomic mass is 10.1. The van der Waals surface area contributed by atoms with Crippen LogP contribution in [0.2, 0.25) is 0 Å². The maximum absolute atomic E-state index is 12.2. The molecule has 6 heteroatoms. The van der Waals surface area contributed by atoms with Gasteiger partial charge in [0.1, 0.15) is 5.75 Å². The Kier molecular flexibility index (Phi) is 5.81. The summed E-state index contributed by atoms with van der Waals surface area (Å²) in [6, 6.07) is 20.7. The molecule has 0 atom stereocenters. The van der Waals surface area contributed by atoms with Crippen LogP contribution in [0.5, 0.6) is 5.75 Å². The van der Waals surface area contributed by atoms with Crippen molar-refractivity contribution < 1.29 is 14.3 Å². The highest BCUT2D eigenvalue weighted by Crippen LogP contribution is 2.14. The highest BCUT2D eigenvalue weighted by Gasteiger charge is 2.09. The molecule has 140 valence electrons. The van der Waals surface area contributed by atoms with Crippen LogP contribution in [0.25, 0.3) is 0 Å². The lowest BCUT2D eigenvalue weighted by molar-refractivity contribution is 0.0734. The minimum atomic E-state index is -0.419. The molecule has 28 heavy (non-hydrogen) atoms. The molecule has 0 heterocycles. The first-order chi connectivity index (χ1) is 13.5. The van der Waals surface area contributed by atoms with Crippen LogP contribution in [0, 0.1) is 6.92 Å². The van der Waals surface area contributed by atoms with Gasteiger partial charge in [0.15, 0.2) is 0 Å². The predicted octanol–water partition coefficient (Wildman–Crippen LogP) is 3.56. The summed E-state index contributed by atoms with van der Waals surface area (Å²) < 4.78 is 5.36. The average molecular weight is 373 g/mol. The van der Waals surface area contributed by atoms with Gasteiger partial charge in [0.2, 0.25) is 0 Å². The molecule has 0 spiro atoms. The normalized spacial score (nSPS) is 10.6. The number of nitrogen functional groups attached to an aromatic ring is 1. The predicted molar refractivity (Wildman–Crippen MR) is 108 cm³/mol. The van der Waals surface area contributed by atoms with Crippen LogP contribution in [0.4, 0.5) is 5.69 Å². The number of benzene rings is 3. The Hall–Kier alpha value is -3.93. The molecule has 0 aliphatic rings. The van der Waals surface area contributed by atoms with Gasteiger partial charge in [-0.15, -0.1) is 0 Å². The summed E-state index contributed by atoms with van der Waals surface area (Å²) in [6.07, 6.45) is 1.49. The smallest absolute Gasteiger partial charge is 0.343 e. The first-order valence-corrected chi connectivity index (χ1v) is 8.60. The number of nitrogens with one attached hydrogen (secondary N) is 1. The highest BCUT2D eigenvalue weighted by molar-refractivity contribution is 5.99. The van der Waals surface area contributed by atoms with Gasteiger partial charge in [0, 0.05) is 5.69 Å². The van der Waals surface area contributed by atoms with Gasteiger partial charge >= 0.3 is 5.97 Å². The molecule has 1 amide bonds. The average Bonchev–Trinajstić information content (AvgIpc) is 2.69. The van der Waals surface area contributed by atoms with Crippen molar-refractivity contribution in [2.45, 2.75) is 6.92 Å². The summed E-state index contributed by atoms with van der Waals surface area (Å²) in [5, 5.41) is 3.92. The number of ether oxygens (including phenoxy) is 1. The van der Waals surface area contributed by atoms with E-state index < -0.39 is 11.9 Å². The molecule has 0 aromatic heterocycles. The quantitative estimate of drug-likeness (QED) is 0.235. The summed E-state index contributed by atoms with van der Waals surface area (Å²) in [6.45, 7) is 1.91. The van der Waals surface area contributed by atoms with E-state index in [4.69, 9.17) is 10.5 Å². The third-order valence-corrected chi connectivity index (χ3v) is 3.93. The van der Waals surface area contributed by atoms with Crippen molar-refractivity contribution in [2.75, 3.05) is 5.73 Å². The van der Waals surface area contributed by atoms with E-state index in [1.807, 2.05) is 19.1 Å². The topological polar surface area (TPSA) is 93.8 Å². The summed E-state index contributed by atoms with van der Waals surface area (Å²) >= 11 is 0. The zero-order chi connectivity index (χ0) is 19.9. The van der Waals surface area contributed by atoms with Gasteiger partial charge in [-0.05, 0) is 61.0 Å². The highest BCUT2D eigenvalue weighted by atomic mass is 16.5. The summed E-state index contributed by atoms with van der Waals surface area (Å²) in [4.78, 5) is 24.2. The van der Waals surface area contributed by atoms with E-state index in [0.717, 1.165) is 11.1 Å². The molecule has 3 aromatic carbocycles. The van der Waals surface area contributed by atoms with E-state index >= 15 is 0 Å². The van der Waals surface area contributed by atoms with E-state index in [1.165, 1.54) is 6.21 Å². The second-order valence-corrected chi connectivity index (χ2v) is 6.11. The molecular weight excluding hydrogens is 354 g/mol. The van der Waals surface area contributed by atoms with Crippen LogP contribution in [-0.2, 0) is 0 Å². The first kappa shape index (κ1) is 18.8. The van der Waals surface area contributed by atoms with Crippen molar-refractivity contribution in [3.05, 3.63) is 95.1 Å². The van der Waals surface area contributed by atoms with Gasteiger partial charge < -0.3 is 10.5 Å². The molecule has 0 saturated heterocycles. The maximum Gasteiger partial charge on any atom is 0.343 e. The first-order valence-electron chi connectivity index (χ1n) is 8.60. The van der Waals surface area contributed by atoms with Crippen LogP contribution in [0.15, 0.2) is 77.9 Å². The SMILES string of the molecule is Cc1cccc(C(=O)Oc2ccc(C=NNC(=O)c3ccccc3N)cc2)c1. The number of anilines is 1. The number of para-hydroxylation sites is 1. The van der Waals surface area contributed by atoms with Gasteiger partial charge in [0.25, 0.3) is 5.91 Å². The number of hydrogen-bond donors (Lipinski definition) is 2. The lowest BCUT2D eigenvalue weighted by Gasteiger charge is -2.05. The van der Waals surface area contributed by atoms with Crippen LogP contribution in [0.3, 0.4) is 0 Å². The summed E-state index contributed by atoms with van der Waals surface area (Å²) in [5.74, 6) is -0.388. The number of hydrazone groups is 1. The van der Waals surface area contributed by atoms with Crippen LogP contribution in [0.1, 0.15) is 31.8 Å². The van der Waals surface area contributed by atoms with Gasteiger partial charge in [-0.1, -0.05) is 29.8 Å². The molecule has 0 fully saturated rings. The number of esters is 1. The van der Waals surface area contributed by atoms with Crippen LogP contribution >= 0.6 is 0 Å². The molecule has 3 N–H and O–H groups in total. The van der Waals surface area contributed by atoms with Gasteiger partial charge in [0.05, 0.1) is 17.3 Å². The number of hydrogen-bond acceptors (Lipinski definition) is 5. The standard InChI is InChI=1S/C22H19N3O3/c1-15-5-4-6-17(13-15)22(27)28-18-11-9-16(10-12-18)14-24-25-21(26)19-7-2-3-8-20(19)23/h2-14H,23H2,1H3,(H,25,26). The number of carbonyl (C=O) groups is 2. The fourth-order valence-corrected chi connectivity index (χ4v) is 2.49. The minimum Gasteiger partial charge on any atom is -0.423 e. The van der Waals surface area contributed by atoms with Gasteiger partial charge in [-0.3, -0.25) is 4.79 Å².